The molecule has 6 rings (SSSR count). The van der Waals surface area contributed by atoms with Gasteiger partial charge in [0, 0.05) is 37.0 Å². The lowest BCUT2D eigenvalue weighted by Crippen LogP contribution is -2.36. The lowest BCUT2D eigenvalue weighted by atomic mass is 10.2. The number of nitrogens with one attached hydrogen (secondary N) is 2. The summed E-state index contributed by atoms with van der Waals surface area (Å²) < 4.78 is 24.0. The second-order valence-corrected chi connectivity index (χ2v) is 10.3. The molecule has 43 heavy (non-hydrogen) atoms. The molecule has 13 heteroatoms. The molecule has 2 N–H and O–H groups in total. The first-order chi connectivity index (χ1) is 21.0. The van der Waals surface area contributed by atoms with E-state index in [1.54, 1.807) is 13.2 Å². The van der Waals surface area contributed by atoms with Crippen molar-refractivity contribution < 1.29 is 18.9 Å². The Labute approximate surface area is 258 Å². The topological polar surface area (TPSA) is 108 Å². The number of hydrogen-bond donors (Lipinski definition) is 2. The van der Waals surface area contributed by atoms with E-state index in [9.17, 15) is 0 Å². The molecular formula is C30H29Cl2N7O4. The molecule has 1 saturated heterocycles. The van der Waals surface area contributed by atoms with Crippen molar-refractivity contribution in [2.45, 2.75) is 0 Å². The van der Waals surface area contributed by atoms with Crippen molar-refractivity contribution in [1.29, 1.82) is 0 Å². The molecular weight excluding hydrogens is 593 g/mol. The lowest BCUT2D eigenvalue weighted by molar-refractivity contribution is 0.122. The highest BCUT2D eigenvalue weighted by Crippen LogP contribution is 2.45. The van der Waals surface area contributed by atoms with Gasteiger partial charge in [-0.05, 0) is 24.3 Å². The van der Waals surface area contributed by atoms with E-state index in [4.69, 9.17) is 47.1 Å². The van der Waals surface area contributed by atoms with Gasteiger partial charge in [-0.3, -0.25) is 4.57 Å². The minimum atomic E-state index is 0.282. The van der Waals surface area contributed by atoms with Crippen LogP contribution in [0.15, 0.2) is 60.9 Å². The van der Waals surface area contributed by atoms with E-state index in [0.29, 0.717) is 53.7 Å². The fourth-order valence-corrected chi connectivity index (χ4v) is 5.52. The summed E-state index contributed by atoms with van der Waals surface area (Å²) in [6.45, 7) is 3.07. The maximum absolute atomic E-state index is 6.67. The summed E-state index contributed by atoms with van der Waals surface area (Å²) in [5.74, 6) is 3.03. The SMILES string of the molecule is COc1cc(N2CCOCC2)ccc1Nc1cc(-n2c(Nc3c(Cl)c(OC)cc(OC)c3Cl)nc3ccccc32)ncn1. The summed E-state index contributed by atoms with van der Waals surface area (Å²) in [6.07, 6.45) is 1.49. The van der Waals surface area contributed by atoms with Gasteiger partial charge in [-0.15, -0.1) is 0 Å². The quantitative estimate of drug-likeness (QED) is 0.190. The molecule has 3 aromatic carbocycles. The number of benzene rings is 3. The monoisotopic (exact) mass is 621 g/mol. The standard InChI is InChI=1S/C30H29Cl2N7O4/c1-40-22-14-18(38-10-12-43-13-11-38)8-9-20(22)35-25-16-26(34-17-33-25)39-21-7-5-4-6-19(21)36-30(39)37-29-27(31)23(41-2)15-24(42-3)28(29)32/h4-9,14-17H,10-13H2,1-3H3,(H,36,37)(H,33,34,35). The number of methoxy groups -OCH3 is 3. The molecule has 0 amide bonds. The summed E-state index contributed by atoms with van der Waals surface area (Å²) in [5, 5.41) is 7.22. The number of para-hydroxylation sites is 2. The molecule has 0 aliphatic carbocycles. The molecule has 2 aromatic heterocycles. The van der Waals surface area contributed by atoms with Gasteiger partial charge in [-0.2, -0.15) is 0 Å². The molecule has 1 aliphatic heterocycles. The van der Waals surface area contributed by atoms with Gasteiger partial charge < -0.3 is 34.5 Å². The van der Waals surface area contributed by atoms with Crippen LogP contribution in [0.5, 0.6) is 17.2 Å². The Morgan fingerprint density at radius 3 is 2.26 bits per heavy atom. The van der Waals surface area contributed by atoms with E-state index in [2.05, 4.69) is 31.6 Å². The number of anilines is 5. The summed E-state index contributed by atoms with van der Waals surface area (Å²) in [6, 6.07) is 17.2. The number of hydrogen-bond acceptors (Lipinski definition) is 10. The Kier molecular flexibility index (Phi) is 8.28. The fourth-order valence-electron chi connectivity index (χ4n) is 4.93. The molecule has 0 bridgehead atoms. The normalized spacial score (nSPS) is 13.2. The number of aromatic nitrogens is 4. The second-order valence-electron chi connectivity index (χ2n) is 9.54. The van der Waals surface area contributed by atoms with E-state index >= 15 is 0 Å². The Bertz CT molecular complexity index is 1750. The molecule has 0 radical (unpaired) electrons. The first-order valence-electron chi connectivity index (χ1n) is 13.5. The van der Waals surface area contributed by atoms with E-state index in [0.717, 1.165) is 35.5 Å². The van der Waals surface area contributed by atoms with Gasteiger partial charge in [0.2, 0.25) is 5.95 Å². The molecule has 1 aliphatic rings. The molecule has 0 unspecified atom stereocenters. The number of halogens is 2. The van der Waals surface area contributed by atoms with E-state index in [1.165, 1.54) is 20.5 Å². The fraction of sp³-hybridized carbons (Fsp3) is 0.233. The van der Waals surface area contributed by atoms with Crippen molar-refractivity contribution in [3.05, 3.63) is 71.0 Å². The second kappa shape index (κ2) is 12.4. The number of fused-ring (bicyclic) bond motifs is 1. The Morgan fingerprint density at radius 2 is 1.53 bits per heavy atom. The summed E-state index contributed by atoms with van der Waals surface area (Å²) in [5.41, 5.74) is 3.76. The molecule has 3 heterocycles. The van der Waals surface area contributed by atoms with Crippen molar-refractivity contribution in [3.8, 4) is 23.1 Å². The van der Waals surface area contributed by atoms with Crippen LogP contribution in [0.25, 0.3) is 16.9 Å². The maximum atomic E-state index is 6.67. The van der Waals surface area contributed by atoms with Crippen LogP contribution in [0.1, 0.15) is 0 Å². The van der Waals surface area contributed by atoms with Gasteiger partial charge >= 0.3 is 0 Å². The average molecular weight is 623 g/mol. The third kappa shape index (κ3) is 5.66. The van der Waals surface area contributed by atoms with Crippen LogP contribution in [-0.2, 0) is 4.74 Å². The zero-order valence-corrected chi connectivity index (χ0v) is 25.2. The van der Waals surface area contributed by atoms with Gasteiger partial charge in [0.05, 0.1) is 57.0 Å². The van der Waals surface area contributed by atoms with Gasteiger partial charge in [-0.25, -0.2) is 15.0 Å². The van der Waals surface area contributed by atoms with E-state index in [-0.39, 0.29) is 10.0 Å². The lowest BCUT2D eigenvalue weighted by Gasteiger charge is -2.29. The number of nitrogens with zero attached hydrogens (tertiary/aromatic N) is 5. The summed E-state index contributed by atoms with van der Waals surface area (Å²) >= 11 is 13.3. The smallest absolute Gasteiger partial charge is 0.214 e. The summed E-state index contributed by atoms with van der Waals surface area (Å²) in [4.78, 5) is 16.1. The predicted molar refractivity (Wildman–Crippen MR) is 169 cm³/mol. The van der Waals surface area contributed by atoms with Crippen LogP contribution < -0.4 is 29.7 Å². The number of imidazole rings is 1. The molecule has 5 aromatic rings. The first kappa shape index (κ1) is 28.7. The number of rotatable bonds is 9. The third-order valence-corrected chi connectivity index (χ3v) is 7.83. The Morgan fingerprint density at radius 1 is 0.814 bits per heavy atom. The minimum Gasteiger partial charge on any atom is -0.495 e. The van der Waals surface area contributed by atoms with Gasteiger partial charge in [0.25, 0.3) is 0 Å². The predicted octanol–water partition coefficient (Wildman–Crippen LogP) is 6.47. The van der Waals surface area contributed by atoms with E-state index < -0.39 is 0 Å². The molecule has 222 valence electrons. The number of morpholine rings is 1. The van der Waals surface area contributed by atoms with Crippen LogP contribution in [0, 0.1) is 0 Å². The van der Waals surface area contributed by atoms with E-state index in [1.807, 2.05) is 47.0 Å². The van der Waals surface area contributed by atoms with Gasteiger partial charge in [0.1, 0.15) is 45.3 Å². The minimum absolute atomic E-state index is 0.282. The van der Waals surface area contributed by atoms with Crippen LogP contribution >= 0.6 is 23.2 Å². The van der Waals surface area contributed by atoms with Crippen LogP contribution in [0.4, 0.5) is 28.8 Å². The molecule has 1 fully saturated rings. The largest absolute Gasteiger partial charge is 0.495 e. The molecule has 11 nitrogen and oxygen atoms in total. The van der Waals surface area contributed by atoms with Crippen molar-refractivity contribution >= 4 is 63.1 Å². The number of ether oxygens (including phenoxy) is 4. The summed E-state index contributed by atoms with van der Waals surface area (Å²) in [7, 11) is 4.69. The maximum Gasteiger partial charge on any atom is 0.214 e. The van der Waals surface area contributed by atoms with Crippen molar-refractivity contribution in [3.63, 3.8) is 0 Å². The van der Waals surface area contributed by atoms with Gasteiger partial charge in [0.15, 0.2) is 0 Å². The highest BCUT2D eigenvalue weighted by Gasteiger charge is 2.22. The Hall–Kier alpha value is -4.45. The Balaban J connectivity index is 1.37. The highest BCUT2D eigenvalue weighted by atomic mass is 35.5. The average Bonchev–Trinajstić information content (AvgIpc) is 3.42. The third-order valence-electron chi connectivity index (χ3n) is 7.08. The van der Waals surface area contributed by atoms with Gasteiger partial charge in [-0.1, -0.05) is 35.3 Å². The van der Waals surface area contributed by atoms with Crippen molar-refractivity contribution in [2.75, 3.05) is 63.2 Å². The molecule has 0 spiro atoms. The highest BCUT2D eigenvalue weighted by molar-refractivity contribution is 6.41. The zero-order chi connectivity index (χ0) is 29.9. The molecule has 0 atom stereocenters. The van der Waals surface area contributed by atoms with Crippen LogP contribution in [0.3, 0.4) is 0 Å². The van der Waals surface area contributed by atoms with Crippen molar-refractivity contribution in [1.82, 2.24) is 19.5 Å². The van der Waals surface area contributed by atoms with Crippen molar-refractivity contribution in [2.24, 2.45) is 0 Å². The van der Waals surface area contributed by atoms with Crippen LogP contribution in [0.2, 0.25) is 10.0 Å². The first-order valence-corrected chi connectivity index (χ1v) is 14.2. The molecule has 0 saturated carbocycles. The van der Waals surface area contributed by atoms with Crippen LogP contribution in [-0.4, -0.2) is 67.2 Å². The zero-order valence-electron chi connectivity index (χ0n) is 23.7.